The number of nitrogens with one attached hydrogen (secondary N) is 1. The van der Waals surface area contributed by atoms with E-state index in [0.717, 1.165) is 32.5 Å². The van der Waals surface area contributed by atoms with E-state index in [-0.39, 0.29) is 24.8 Å². The van der Waals surface area contributed by atoms with Crippen LogP contribution in [0.4, 0.5) is 0 Å². The molecule has 0 bridgehead atoms. The molecule has 32 heavy (non-hydrogen) atoms. The number of fused-ring (bicyclic) bond motifs is 1. The number of hydrogen-bond acceptors (Lipinski definition) is 2. The van der Waals surface area contributed by atoms with Crippen LogP contribution in [0.2, 0.25) is 0 Å². The summed E-state index contributed by atoms with van der Waals surface area (Å²) in [6.45, 7) is 5.02. The Balaban J connectivity index is 0.00000181. The lowest BCUT2D eigenvalue weighted by Gasteiger charge is -2.24. The van der Waals surface area contributed by atoms with E-state index < -0.39 is 0 Å². The number of aromatic nitrogens is 1. The first-order chi connectivity index (χ1) is 14.8. The van der Waals surface area contributed by atoms with Crippen molar-refractivity contribution in [3.05, 3.63) is 71.4 Å². The number of rotatable bonds is 9. The van der Waals surface area contributed by atoms with Gasteiger partial charge in [0.1, 0.15) is 0 Å². The van der Waals surface area contributed by atoms with Gasteiger partial charge in [0.05, 0.1) is 0 Å². The Morgan fingerprint density at radius 3 is 2.41 bits per heavy atom. The number of benzene rings is 2. The van der Waals surface area contributed by atoms with Gasteiger partial charge in [0, 0.05) is 29.1 Å². The van der Waals surface area contributed by atoms with Gasteiger partial charge in [-0.15, -0.1) is 24.8 Å². The zero-order valence-corrected chi connectivity index (χ0v) is 20.9. The fraction of sp³-hybridized carbons (Fsp3) is 0.481. The van der Waals surface area contributed by atoms with Gasteiger partial charge in [-0.3, -0.25) is 0 Å². The summed E-state index contributed by atoms with van der Waals surface area (Å²) in [5.41, 5.74) is 11.4. The molecule has 176 valence electrons. The number of hydrogen-bond donors (Lipinski definition) is 2. The average molecular weight is 477 g/mol. The van der Waals surface area contributed by atoms with Crippen molar-refractivity contribution in [2.75, 3.05) is 19.6 Å². The molecule has 1 atom stereocenters. The number of para-hydroxylation sites is 1. The molecule has 3 aromatic rings. The van der Waals surface area contributed by atoms with Crippen LogP contribution < -0.4 is 11.1 Å². The minimum Gasteiger partial charge on any atom is -0.344 e. The Kier molecular flexibility index (Phi) is 11.1. The zero-order chi connectivity index (χ0) is 20.8. The van der Waals surface area contributed by atoms with E-state index in [2.05, 4.69) is 71.5 Å². The maximum Gasteiger partial charge on any atom is 0.0485 e. The largest absolute Gasteiger partial charge is 0.344 e. The molecular formula is C27H39Cl2N3. The van der Waals surface area contributed by atoms with Crippen molar-refractivity contribution in [1.29, 1.82) is 0 Å². The van der Waals surface area contributed by atoms with Crippen molar-refractivity contribution in [2.24, 2.45) is 5.73 Å². The van der Waals surface area contributed by atoms with E-state index in [4.69, 9.17) is 5.73 Å². The van der Waals surface area contributed by atoms with E-state index in [1.807, 2.05) is 0 Å². The van der Waals surface area contributed by atoms with Gasteiger partial charge in [-0.05, 0) is 75.0 Å². The highest BCUT2D eigenvalue weighted by atomic mass is 35.5. The predicted octanol–water partition coefficient (Wildman–Crippen LogP) is 6.76. The summed E-state index contributed by atoms with van der Waals surface area (Å²) in [6.07, 6.45) is 11.4. The highest BCUT2D eigenvalue weighted by Gasteiger charge is 2.24. The van der Waals surface area contributed by atoms with Crippen molar-refractivity contribution >= 4 is 35.7 Å². The summed E-state index contributed by atoms with van der Waals surface area (Å²) in [5, 5.41) is 5.04. The summed E-state index contributed by atoms with van der Waals surface area (Å²) < 4.78 is 2.61. The van der Waals surface area contributed by atoms with Crippen LogP contribution in [0.15, 0.2) is 54.7 Å². The molecule has 1 aromatic heterocycles. The van der Waals surface area contributed by atoms with Gasteiger partial charge in [0.2, 0.25) is 0 Å². The lowest BCUT2D eigenvalue weighted by atomic mass is 9.86. The lowest BCUT2D eigenvalue weighted by molar-refractivity contribution is 0.360. The number of nitrogens with zero attached hydrogens (tertiary/aromatic N) is 1. The first kappa shape index (κ1) is 26.7. The zero-order valence-electron chi connectivity index (χ0n) is 19.3. The van der Waals surface area contributed by atoms with Crippen LogP contribution in [-0.4, -0.2) is 24.2 Å². The van der Waals surface area contributed by atoms with E-state index in [1.165, 1.54) is 59.7 Å². The van der Waals surface area contributed by atoms with E-state index in [1.54, 1.807) is 0 Å². The molecule has 0 saturated heterocycles. The SMILES string of the molecule is Cc1ccccc1C(CCNCCCN)c1cn(C2CCCCC2)c2ccccc12.Cl.Cl. The third kappa shape index (κ3) is 6.08. The van der Waals surface area contributed by atoms with Crippen molar-refractivity contribution < 1.29 is 0 Å². The molecule has 0 spiro atoms. The maximum absolute atomic E-state index is 5.67. The van der Waals surface area contributed by atoms with Crippen LogP contribution in [0.3, 0.4) is 0 Å². The Bertz CT molecular complexity index is 947. The molecule has 1 aliphatic rings. The molecular weight excluding hydrogens is 437 g/mol. The third-order valence-electron chi connectivity index (χ3n) is 6.85. The van der Waals surface area contributed by atoms with E-state index >= 15 is 0 Å². The Hall–Kier alpha value is -1.52. The second kappa shape index (κ2) is 13.3. The quantitative estimate of drug-likeness (QED) is 0.335. The van der Waals surface area contributed by atoms with E-state index in [0.29, 0.717) is 12.0 Å². The predicted molar refractivity (Wildman–Crippen MR) is 143 cm³/mol. The van der Waals surface area contributed by atoms with Crippen molar-refractivity contribution in [2.45, 2.75) is 63.8 Å². The Labute approximate surface area is 206 Å². The molecule has 0 radical (unpaired) electrons. The molecule has 2 aromatic carbocycles. The molecule has 1 unspecified atom stereocenters. The van der Waals surface area contributed by atoms with Gasteiger partial charge >= 0.3 is 0 Å². The fourth-order valence-corrected chi connectivity index (χ4v) is 5.23. The van der Waals surface area contributed by atoms with E-state index in [9.17, 15) is 0 Å². The lowest BCUT2D eigenvalue weighted by Crippen LogP contribution is -2.21. The van der Waals surface area contributed by atoms with Crippen LogP contribution in [-0.2, 0) is 0 Å². The summed E-state index contributed by atoms with van der Waals surface area (Å²) >= 11 is 0. The number of nitrogens with two attached hydrogens (primary N) is 1. The van der Waals surface area contributed by atoms with Crippen molar-refractivity contribution in [3.63, 3.8) is 0 Å². The highest BCUT2D eigenvalue weighted by molar-refractivity contribution is 5.86. The van der Waals surface area contributed by atoms with Crippen LogP contribution in [0.5, 0.6) is 0 Å². The second-order valence-corrected chi connectivity index (χ2v) is 8.89. The van der Waals surface area contributed by atoms with Gasteiger partial charge in [-0.25, -0.2) is 0 Å². The summed E-state index contributed by atoms with van der Waals surface area (Å²) in [7, 11) is 0. The first-order valence-electron chi connectivity index (χ1n) is 11.9. The minimum atomic E-state index is 0. The Morgan fingerprint density at radius 2 is 1.66 bits per heavy atom. The molecule has 1 fully saturated rings. The number of halogens is 2. The molecule has 4 rings (SSSR count). The fourth-order valence-electron chi connectivity index (χ4n) is 5.23. The van der Waals surface area contributed by atoms with Crippen LogP contribution in [0.25, 0.3) is 10.9 Å². The third-order valence-corrected chi connectivity index (χ3v) is 6.85. The van der Waals surface area contributed by atoms with Gasteiger partial charge < -0.3 is 15.6 Å². The van der Waals surface area contributed by atoms with Gasteiger partial charge in [-0.1, -0.05) is 61.7 Å². The molecule has 1 heterocycles. The summed E-state index contributed by atoms with van der Waals surface area (Å²) in [4.78, 5) is 0. The van der Waals surface area contributed by atoms with Crippen LogP contribution in [0.1, 0.15) is 73.6 Å². The molecule has 5 heteroatoms. The molecule has 1 aliphatic carbocycles. The van der Waals surface area contributed by atoms with Crippen LogP contribution >= 0.6 is 24.8 Å². The normalized spacial score (nSPS) is 15.2. The summed E-state index contributed by atoms with van der Waals surface area (Å²) in [6, 6.07) is 18.6. The molecule has 0 aliphatic heterocycles. The molecule has 0 amide bonds. The average Bonchev–Trinajstić information content (AvgIpc) is 3.17. The van der Waals surface area contributed by atoms with Crippen molar-refractivity contribution in [3.8, 4) is 0 Å². The standard InChI is InChI=1S/C27H37N3.2ClH/c1-21-10-5-6-13-23(21)24(16-19-29-18-9-17-28)26-20-30(22-11-3-2-4-12-22)27-15-8-7-14-25(26)27;;/h5-8,10,13-15,20,22,24,29H,2-4,9,11-12,16-19,28H2,1H3;2*1H. The maximum atomic E-state index is 5.67. The van der Waals surface area contributed by atoms with Gasteiger partial charge in [0.25, 0.3) is 0 Å². The summed E-state index contributed by atoms with van der Waals surface area (Å²) in [5.74, 6) is 0.409. The Morgan fingerprint density at radius 1 is 0.938 bits per heavy atom. The second-order valence-electron chi connectivity index (χ2n) is 8.89. The first-order valence-corrected chi connectivity index (χ1v) is 11.9. The number of aryl methyl sites for hydroxylation is 1. The smallest absolute Gasteiger partial charge is 0.0485 e. The molecule has 1 saturated carbocycles. The molecule has 3 nitrogen and oxygen atoms in total. The molecule has 3 N–H and O–H groups in total. The van der Waals surface area contributed by atoms with Gasteiger partial charge in [-0.2, -0.15) is 0 Å². The van der Waals surface area contributed by atoms with Crippen molar-refractivity contribution in [1.82, 2.24) is 9.88 Å². The van der Waals surface area contributed by atoms with Crippen LogP contribution in [0, 0.1) is 6.92 Å². The van der Waals surface area contributed by atoms with Gasteiger partial charge in [0.15, 0.2) is 0 Å². The minimum absolute atomic E-state index is 0. The monoisotopic (exact) mass is 475 g/mol. The highest BCUT2D eigenvalue weighted by Crippen LogP contribution is 2.39. The topological polar surface area (TPSA) is 43.0 Å².